The summed E-state index contributed by atoms with van der Waals surface area (Å²) >= 11 is 2.34. The minimum Gasteiger partial charge on any atom is -0.272 e. The van der Waals surface area contributed by atoms with Gasteiger partial charge in [-0.3, -0.25) is 4.68 Å². The minimum atomic E-state index is 1.03. The zero-order valence-corrected chi connectivity index (χ0v) is 12.9. The summed E-state index contributed by atoms with van der Waals surface area (Å²) in [6.07, 6.45) is 9.25. The smallest absolute Gasteiger partial charge is 0.0568 e. The minimum absolute atomic E-state index is 1.03. The molecule has 18 heavy (non-hydrogen) atoms. The molecular formula is C15H19IN2. The molecular weight excluding hydrogens is 335 g/mol. The Morgan fingerprint density at radius 1 is 1.17 bits per heavy atom. The molecule has 1 heterocycles. The molecule has 0 amide bonds. The predicted molar refractivity (Wildman–Crippen MR) is 84.5 cm³/mol. The van der Waals surface area contributed by atoms with Crippen LogP contribution in [-0.4, -0.2) is 9.78 Å². The van der Waals surface area contributed by atoms with E-state index < -0.39 is 0 Å². The van der Waals surface area contributed by atoms with Crippen LogP contribution in [0.2, 0.25) is 0 Å². The molecule has 2 nitrogen and oxygen atoms in total. The van der Waals surface area contributed by atoms with Crippen LogP contribution in [0.5, 0.6) is 0 Å². The number of halogens is 1. The Kier molecular flexibility index (Phi) is 5.23. The van der Waals surface area contributed by atoms with Crippen molar-refractivity contribution in [3.8, 4) is 11.1 Å². The third-order valence-electron chi connectivity index (χ3n) is 3.03. The molecule has 0 saturated heterocycles. The molecule has 0 spiro atoms. The van der Waals surface area contributed by atoms with E-state index in [1.807, 2.05) is 6.20 Å². The van der Waals surface area contributed by atoms with Crippen LogP contribution in [0.3, 0.4) is 0 Å². The number of aromatic nitrogens is 2. The molecule has 3 heteroatoms. The normalized spacial score (nSPS) is 10.8. The highest BCUT2D eigenvalue weighted by atomic mass is 127. The van der Waals surface area contributed by atoms with Crippen molar-refractivity contribution in [3.63, 3.8) is 0 Å². The molecule has 0 atom stereocenters. The van der Waals surface area contributed by atoms with E-state index in [0.29, 0.717) is 0 Å². The van der Waals surface area contributed by atoms with Crippen molar-refractivity contribution in [2.24, 2.45) is 0 Å². The Hall–Kier alpha value is -0.840. The number of hydrogen-bond acceptors (Lipinski definition) is 1. The fourth-order valence-corrected chi connectivity index (χ4v) is 2.55. The Balaban J connectivity index is 1.97. The number of rotatable bonds is 6. The first-order chi connectivity index (χ1) is 8.79. The molecule has 0 bridgehead atoms. The summed E-state index contributed by atoms with van der Waals surface area (Å²) in [5, 5.41) is 4.43. The van der Waals surface area contributed by atoms with Gasteiger partial charge in [-0.05, 0) is 46.7 Å². The first-order valence-electron chi connectivity index (χ1n) is 6.58. The second-order valence-electron chi connectivity index (χ2n) is 4.56. The van der Waals surface area contributed by atoms with Gasteiger partial charge in [-0.1, -0.05) is 38.3 Å². The lowest BCUT2D eigenvalue weighted by molar-refractivity contribution is 0.541. The summed E-state index contributed by atoms with van der Waals surface area (Å²) in [6.45, 7) is 3.27. The molecule has 2 rings (SSSR count). The van der Waals surface area contributed by atoms with Crippen molar-refractivity contribution < 1.29 is 0 Å². The van der Waals surface area contributed by atoms with Gasteiger partial charge in [0.25, 0.3) is 0 Å². The SMILES string of the molecule is CCCCCCn1cc(-c2cccc(I)c2)cn1. The Bertz CT molecular complexity index is 491. The van der Waals surface area contributed by atoms with Gasteiger partial charge in [-0.15, -0.1) is 0 Å². The number of hydrogen-bond donors (Lipinski definition) is 0. The van der Waals surface area contributed by atoms with Crippen molar-refractivity contribution in [1.29, 1.82) is 0 Å². The van der Waals surface area contributed by atoms with E-state index in [1.165, 1.54) is 40.4 Å². The molecule has 2 aromatic rings. The topological polar surface area (TPSA) is 17.8 Å². The Labute approximate surface area is 123 Å². The van der Waals surface area contributed by atoms with Crippen LogP contribution >= 0.6 is 22.6 Å². The standard InChI is InChI=1S/C15H19IN2/c1-2-3-4-5-9-18-12-14(11-17-18)13-7-6-8-15(16)10-13/h6-8,10-12H,2-5,9H2,1H3. The molecule has 96 valence electrons. The fraction of sp³-hybridized carbons (Fsp3) is 0.400. The van der Waals surface area contributed by atoms with Crippen molar-refractivity contribution in [1.82, 2.24) is 9.78 Å². The first kappa shape index (κ1) is 13.6. The molecule has 0 N–H and O–H groups in total. The van der Waals surface area contributed by atoms with Gasteiger partial charge in [0.05, 0.1) is 6.20 Å². The number of aryl methyl sites for hydroxylation is 1. The third kappa shape index (κ3) is 3.83. The van der Waals surface area contributed by atoms with Crippen molar-refractivity contribution in [3.05, 3.63) is 40.2 Å². The van der Waals surface area contributed by atoms with E-state index >= 15 is 0 Å². The lowest BCUT2D eigenvalue weighted by atomic mass is 10.1. The van der Waals surface area contributed by atoms with Gasteiger partial charge >= 0.3 is 0 Å². The van der Waals surface area contributed by atoms with Gasteiger partial charge in [-0.25, -0.2) is 0 Å². The number of benzene rings is 1. The maximum absolute atomic E-state index is 4.43. The van der Waals surface area contributed by atoms with Crippen LogP contribution < -0.4 is 0 Å². The van der Waals surface area contributed by atoms with Crippen molar-refractivity contribution in [2.75, 3.05) is 0 Å². The second-order valence-corrected chi connectivity index (χ2v) is 5.81. The zero-order chi connectivity index (χ0) is 12.8. The highest BCUT2D eigenvalue weighted by molar-refractivity contribution is 14.1. The monoisotopic (exact) mass is 354 g/mol. The van der Waals surface area contributed by atoms with Gasteiger partial charge in [-0.2, -0.15) is 5.10 Å². The highest BCUT2D eigenvalue weighted by Crippen LogP contribution is 2.20. The molecule has 0 aliphatic carbocycles. The molecule has 0 fully saturated rings. The molecule has 0 unspecified atom stereocenters. The maximum Gasteiger partial charge on any atom is 0.0568 e. The molecule has 0 aliphatic heterocycles. The summed E-state index contributed by atoms with van der Waals surface area (Å²) in [7, 11) is 0. The van der Waals surface area contributed by atoms with Crippen molar-refractivity contribution >= 4 is 22.6 Å². The van der Waals surface area contributed by atoms with Crippen LogP contribution in [0.1, 0.15) is 32.6 Å². The lowest BCUT2D eigenvalue weighted by Crippen LogP contribution is -1.97. The molecule has 1 aromatic heterocycles. The summed E-state index contributed by atoms with van der Waals surface area (Å²) in [5.41, 5.74) is 2.46. The summed E-state index contributed by atoms with van der Waals surface area (Å²) in [4.78, 5) is 0. The highest BCUT2D eigenvalue weighted by Gasteiger charge is 2.02. The van der Waals surface area contributed by atoms with Crippen LogP contribution in [0.25, 0.3) is 11.1 Å². The largest absolute Gasteiger partial charge is 0.272 e. The quantitative estimate of drug-likeness (QED) is 0.541. The summed E-state index contributed by atoms with van der Waals surface area (Å²) < 4.78 is 3.33. The van der Waals surface area contributed by atoms with Crippen LogP contribution in [0.4, 0.5) is 0 Å². The van der Waals surface area contributed by atoms with Crippen molar-refractivity contribution in [2.45, 2.75) is 39.2 Å². The molecule has 0 saturated carbocycles. The number of nitrogens with zero attached hydrogens (tertiary/aromatic N) is 2. The van der Waals surface area contributed by atoms with Gasteiger partial charge in [0.1, 0.15) is 0 Å². The van der Waals surface area contributed by atoms with Gasteiger partial charge in [0, 0.05) is 21.9 Å². The van der Waals surface area contributed by atoms with Gasteiger partial charge in [0.2, 0.25) is 0 Å². The summed E-state index contributed by atoms with van der Waals surface area (Å²) in [5.74, 6) is 0. The molecule has 0 aliphatic rings. The third-order valence-corrected chi connectivity index (χ3v) is 3.70. The molecule has 0 radical (unpaired) electrons. The first-order valence-corrected chi connectivity index (χ1v) is 7.66. The van der Waals surface area contributed by atoms with E-state index in [-0.39, 0.29) is 0 Å². The van der Waals surface area contributed by atoms with Crippen LogP contribution in [-0.2, 0) is 6.54 Å². The average molecular weight is 354 g/mol. The predicted octanol–water partition coefficient (Wildman–Crippen LogP) is 4.74. The second kappa shape index (κ2) is 6.92. The van der Waals surface area contributed by atoms with E-state index in [9.17, 15) is 0 Å². The van der Waals surface area contributed by atoms with E-state index in [1.54, 1.807) is 0 Å². The lowest BCUT2D eigenvalue weighted by Gasteiger charge is -2.00. The van der Waals surface area contributed by atoms with E-state index in [2.05, 4.69) is 69.8 Å². The average Bonchev–Trinajstić information content (AvgIpc) is 2.83. The Morgan fingerprint density at radius 3 is 2.83 bits per heavy atom. The van der Waals surface area contributed by atoms with Gasteiger partial charge in [0.15, 0.2) is 0 Å². The maximum atomic E-state index is 4.43. The Morgan fingerprint density at radius 2 is 2.06 bits per heavy atom. The van der Waals surface area contributed by atoms with E-state index in [4.69, 9.17) is 0 Å². The van der Waals surface area contributed by atoms with Crippen LogP contribution in [0, 0.1) is 3.57 Å². The zero-order valence-electron chi connectivity index (χ0n) is 10.8. The van der Waals surface area contributed by atoms with Crippen LogP contribution in [0.15, 0.2) is 36.7 Å². The van der Waals surface area contributed by atoms with E-state index in [0.717, 1.165) is 6.54 Å². The van der Waals surface area contributed by atoms with Gasteiger partial charge < -0.3 is 0 Å². The number of unbranched alkanes of at least 4 members (excludes halogenated alkanes) is 3. The summed E-state index contributed by atoms with van der Waals surface area (Å²) in [6, 6.07) is 8.54. The fourth-order valence-electron chi connectivity index (χ4n) is 2.00. The molecule has 1 aromatic carbocycles.